The number of rotatable bonds is 3. The minimum absolute atomic E-state index is 0.0245. The molecule has 6 heteroatoms. The Balaban J connectivity index is 2.15. The summed E-state index contributed by atoms with van der Waals surface area (Å²) in [4.78, 5) is 27.6. The van der Waals surface area contributed by atoms with E-state index in [0.29, 0.717) is 22.7 Å². The molecule has 2 heterocycles. The molecule has 0 bridgehead atoms. The van der Waals surface area contributed by atoms with Gasteiger partial charge in [0.25, 0.3) is 5.56 Å². The van der Waals surface area contributed by atoms with Crippen LogP contribution >= 0.6 is 11.6 Å². The average molecular weight is 301 g/mol. The van der Waals surface area contributed by atoms with E-state index in [1.807, 2.05) is 0 Å². The van der Waals surface area contributed by atoms with Gasteiger partial charge in [0.05, 0.1) is 0 Å². The van der Waals surface area contributed by atoms with Gasteiger partial charge in [0.1, 0.15) is 17.0 Å². The Labute approximate surface area is 124 Å². The zero-order chi connectivity index (χ0) is 14.8. The molecule has 3 rings (SSSR count). The highest BCUT2D eigenvalue weighted by Crippen LogP contribution is 2.23. The Morgan fingerprint density at radius 2 is 1.90 bits per heavy atom. The van der Waals surface area contributed by atoms with Crippen LogP contribution in [0.5, 0.6) is 11.6 Å². The second kappa shape index (κ2) is 5.38. The van der Waals surface area contributed by atoms with Gasteiger partial charge >= 0.3 is 0 Å². The molecule has 104 valence electrons. The third kappa shape index (κ3) is 2.51. The van der Waals surface area contributed by atoms with Crippen LogP contribution in [-0.4, -0.2) is 15.7 Å². The number of aromatic nitrogens is 2. The maximum atomic E-state index is 12.2. The van der Waals surface area contributed by atoms with E-state index in [1.165, 1.54) is 4.40 Å². The van der Waals surface area contributed by atoms with Gasteiger partial charge in [-0.3, -0.25) is 14.0 Å². The third-order valence-electron chi connectivity index (χ3n) is 2.88. The van der Waals surface area contributed by atoms with E-state index in [4.69, 9.17) is 16.3 Å². The van der Waals surface area contributed by atoms with Crippen molar-refractivity contribution in [2.75, 3.05) is 0 Å². The first-order valence-electron chi connectivity index (χ1n) is 6.09. The number of nitrogens with zero attached hydrogens (tertiary/aromatic N) is 2. The van der Waals surface area contributed by atoms with Gasteiger partial charge in [-0.25, -0.2) is 0 Å². The molecule has 1 aromatic carbocycles. The molecule has 21 heavy (non-hydrogen) atoms. The van der Waals surface area contributed by atoms with Crippen LogP contribution in [-0.2, 0) is 0 Å². The van der Waals surface area contributed by atoms with Crippen molar-refractivity contribution in [1.29, 1.82) is 0 Å². The number of halogens is 1. The van der Waals surface area contributed by atoms with Crippen molar-refractivity contribution in [2.45, 2.75) is 0 Å². The van der Waals surface area contributed by atoms with Gasteiger partial charge in [-0.05, 0) is 36.4 Å². The molecule has 0 saturated carbocycles. The van der Waals surface area contributed by atoms with Crippen molar-refractivity contribution in [1.82, 2.24) is 9.38 Å². The molecule has 0 saturated heterocycles. The molecule has 5 nitrogen and oxygen atoms in total. The zero-order valence-electron chi connectivity index (χ0n) is 10.7. The fourth-order valence-electron chi connectivity index (χ4n) is 1.88. The molecule has 0 aliphatic carbocycles. The van der Waals surface area contributed by atoms with Crippen molar-refractivity contribution in [3.8, 4) is 11.6 Å². The van der Waals surface area contributed by atoms with Crippen molar-refractivity contribution in [3.63, 3.8) is 0 Å². The number of fused-ring (bicyclic) bond motifs is 1. The van der Waals surface area contributed by atoms with Crippen LogP contribution in [0.4, 0.5) is 0 Å². The quantitative estimate of drug-likeness (QED) is 0.698. The molecular formula is C15H9ClN2O3. The van der Waals surface area contributed by atoms with Crippen LogP contribution in [0.2, 0.25) is 5.02 Å². The molecule has 0 unspecified atom stereocenters. The number of carbonyl (C=O) groups is 1. The Morgan fingerprint density at radius 1 is 1.14 bits per heavy atom. The third-order valence-corrected chi connectivity index (χ3v) is 3.13. The van der Waals surface area contributed by atoms with E-state index < -0.39 is 5.56 Å². The number of hydrogen-bond acceptors (Lipinski definition) is 4. The maximum Gasteiger partial charge on any atom is 0.272 e. The summed E-state index contributed by atoms with van der Waals surface area (Å²) in [6.07, 6.45) is 1.99. The summed E-state index contributed by atoms with van der Waals surface area (Å²) in [5.74, 6) is 0.415. The fourth-order valence-corrected chi connectivity index (χ4v) is 2.00. The van der Waals surface area contributed by atoms with Gasteiger partial charge in [-0.1, -0.05) is 17.7 Å². The van der Waals surface area contributed by atoms with E-state index in [9.17, 15) is 9.59 Å². The Kier molecular flexibility index (Phi) is 3.41. The highest BCUT2D eigenvalue weighted by molar-refractivity contribution is 6.30. The first-order valence-corrected chi connectivity index (χ1v) is 6.47. The summed E-state index contributed by atoms with van der Waals surface area (Å²) in [6.45, 7) is 0. The summed E-state index contributed by atoms with van der Waals surface area (Å²) in [5.41, 5.74) is -0.203. The highest BCUT2D eigenvalue weighted by atomic mass is 35.5. The van der Waals surface area contributed by atoms with Crippen molar-refractivity contribution >= 4 is 23.5 Å². The summed E-state index contributed by atoms with van der Waals surface area (Å²) in [6, 6.07) is 11.6. The van der Waals surface area contributed by atoms with Crippen LogP contribution in [0.3, 0.4) is 0 Å². The summed E-state index contributed by atoms with van der Waals surface area (Å²) in [5, 5.41) is 0.560. The lowest BCUT2D eigenvalue weighted by molar-refractivity contribution is 0.111. The number of ether oxygens (including phenoxy) is 1. The number of pyridine rings is 1. The molecule has 0 aliphatic heterocycles. The van der Waals surface area contributed by atoms with Crippen LogP contribution in [0.1, 0.15) is 10.4 Å². The molecule has 0 N–H and O–H groups in total. The number of hydrogen-bond donors (Lipinski definition) is 0. The van der Waals surface area contributed by atoms with Gasteiger partial charge < -0.3 is 4.74 Å². The first kappa shape index (κ1) is 13.3. The second-order valence-corrected chi connectivity index (χ2v) is 4.67. The van der Waals surface area contributed by atoms with Crippen LogP contribution < -0.4 is 10.3 Å². The molecule has 0 fully saturated rings. The predicted octanol–water partition coefficient (Wildman–Crippen LogP) is 2.95. The normalized spacial score (nSPS) is 10.5. The predicted molar refractivity (Wildman–Crippen MR) is 78.4 cm³/mol. The summed E-state index contributed by atoms with van der Waals surface area (Å²) in [7, 11) is 0. The maximum absolute atomic E-state index is 12.2. The van der Waals surface area contributed by atoms with Crippen molar-refractivity contribution < 1.29 is 9.53 Å². The number of aldehydes is 1. The molecule has 3 aromatic rings. The molecule has 0 atom stereocenters. The second-order valence-electron chi connectivity index (χ2n) is 4.24. The summed E-state index contributed by atoms with van der Waals surface area (Å²) < 4.78 is 6.82. The molecular weight excluding hydrogens is 292 g/mol. The first-order chi connectivity index (χ1) is 10.2. The highest BCUT2D eigenvalue weighted by Gasteiger charge is 2.14. The van der Waals surface area contributed by atoms with Crippen LogP contribution in [0.25, 0.3) is 5.65 Å². The van der Waals surface area contributed by atoms with Gasteiger partial charge in [0.15, 0.2) is 6.29 Å². The smallest absolute Gasteiger partial charge is 0.272 e. The van der Waals surface area contributed by atoms with Crippen LogP contribution in [0.15, 0.2) is 53.5 Å². The van der Waals surface area contributed by atoms with Gasteiger partial charge in [0.2, 0.25) is 5.88 Å². The lowest BCUT2D eigenvalue weighted by Gasteiger charge is -2.08. The van der Waals surface area contributed by atoms with E-state index >= 15 is 0 Å². The van der Waals surface area contributed by atoms with E-state index in [-0.39, 0.29) is 11.4 Å². The van der Waals surface area contributed by atoms with E-state index in [0.717, 1.165) is 0 Å². The van der Waals surface area contributed by atoms with Gasteiger partial charge in [-0.15, -0.1) is 0 Å². The standard InChI is InChI=1S/C15H9ClN2O3/c16-10-4-6-11(7-5-10)21-14-12(9-19)15(20)18-8-2-1-3-13(18)17-14/h1-9H. The minimum atomic E-state index is -0.473. The van der Waals surface area contributed by atoms with Gasteiger partial charge in [-0.2, -0.15) is 4.98 Å². The van der Waals surface area contributed by atoms with Gasteiger partial charge in [0, 0.05) is 11.2 Å². The Hall–Kier alpha value is -2.66. The fraction of sp³-hybridized carbons (Fsp3) is 0. The largest absolute Gasteiger partial charge is 0.438 e. The minimum Gasteiger partial charge on any atom is -0.438 e. The Bertz CT molecular complexity index is 872. The molecule has 0 spiro atoms. The van der Waals surface area contributed by atoms with E-state index in [1.54, 1.807) is 48.7 Å². The SMILES string of the molecule is O=Cc1c(Oc2ccc(Cl)cc2)nc2ccccn2c1=O. The topological polar surface area (TPSA) is 60.7 Å². The van der Waals surface area contributed by atoms with Crippen molar-refractivity contribution in [2.24, 2.45) is 0 Å². The number of benzene rings is 1. The average Bonchev–Trinajstić information content (AvgIpc) is 2.50. The molecule has 0 radical (unpaired) electrons. The molecule has 2 aromatic heterocycles. The van der Waals surface area contributed by atoms with E-state index in [2.05, 4.69) is 4.98 Å². The summed E-state index contributed by atoms with van der Waals surface area (Å²) >= 11 is 5.80. The monoisotopic (exact) mass is 300 g/mol. The van der Waals surface area contributed by atoms with Crippen LogP contribution in [0, 0.1) is 0 Å². The number of carbonyl (C=O) groups excluding carboxylic acids is 1. The Morgan fingerprint density at radius 3 is 2.62 bits per heavy atom. The molecule has 0 aliphatic rings. The van der Waals surface area contributed by atoms with Crippen molar-refractivity contribution in [3.05, 3.63) is 69.6 Å². The zero-order valence-corrected chi connectivity index (χ0v) is 11.4. The lowest BCUT2D eigenvalue weighted by atomic mass is 10.3. The lowest BCUT2D eigenvalue weighted by Crippen LogP contribution is -2.20. The molecule has 0 amide bonds.